The van der Waals surface area contributed by atoms with Crippen LogP contribution in [0.15, 0.2) is 30.8 Å². The fourth-order valence-corrected chi connectivity index (χ4v) is 9.30. The van der Waals surface area contributed by atoms with Crippen LogP contribution in [0.25, 0.3) is 6.08 Å². The van der Waals surface area contributed by atoms with Gasteiger partial charge in [0.25, 0.3) is 0 Å². The van der Waals surface area contributed by atoms with Crippen LogP contribution in [0.3, 0.4) is 0 Å². The van der Waals surface area contributed by atoms with E-state index < -0.39 is 7.26 Å². The average Bonchev–Trinajstić information content (AvgIpc) is 2.71. The van der Waals surface area contributed by atoms with Crippen molar-refractivity contribution in [1.29, 1.82) is 0 Å². The Balaban J connectivity index is 2.37. The van der Waals surface area contributed by atoms with Gasteiger partial charge in [-0.25, -0.2) is 0 Å². The van der Waals surface area contributed by atoms with Crippen LogP contribution < -0.4 is 0 Å². The highest BCUT2D eigenvalue weighted by molar-refractivity contribution is 7.75. The molecule has 0 unspecified atom stereocenters. The number of unbranched alkanes of at least 4 members (excludes halogenated alkanes) is 6. The molecule has 0 saturated heterocycles. The van der Waals surface area contributed by atoms with E-state index in [2.05, 4.69) is 51.6 Å². The van der Waals surface area contributed by atoms with E-state index in [-0.39, 0.29) is 0 Å². The Bertz CT molecular complexity index is 452. The molecule has 1 aromatic rings. The summed E-state index contributed by atoms with van der Waals surface area (Å²) in [7, 11) is -0.671. The third-order valence-electron chi connectivity index (χ3n) is 6.02. The van der Waals surface area contributed by atoms with Crippen molar-refractivity contribution in [2.45, 2.75) is 91.4 Å². The summed E-state index contributed by atoms with van der Waals surface area (Å²) in [5.41, 5.74) is 2.71. The van der Waals surface area contributed by atoms with Crippen molar-refractivity contribution in [1.82, 2.24) is 0 Å². The quantitative estimate of drug-likeness (QED) is 0.184. The van der Waals surface area contributed by atoms with Crippen LogP contribution in [0, 0.1) is 0 Å². The lowest BCUT2D eigenvalue weighted by atomic mass is 10.0. The van der Waals surface area contributed by atoms with E-state index in [1.54, 1.807) is 24.6 Å². The highest BCUT2D eigenvalue weighted by Crippen LogP contribution is 2.61. The van der Waals surface area contributed by atoms with E-state index >= 15 is 0 Å². The highest BCUT2D eigenvalue weighted by Gasteiger charge is 2.34. The zero-order chi connectivity index (χ0) is 19.8. The molecule has 1 aromatic carbocycles. The average molecular weight is 390 g/mol. The van der Waals surface area contributed by atoms with Crippen LogP contribution in [-0.4, -0.2) is 24.6 Å². The zero-order valence-electron chi connectivity index (χ0n) is 18.6. The van der Waals surface area contributed by atoms with Crippen molar-refractivity contribution < 1.29 is 0 Å². The largest absolute Gasteiger partial charge is 0.0985 e. The summed E-state index contributed by atoms with van der Waals surface area (Å²) in [6.45, 7) is 10.9. The van der Waals surface area contributed by atoms with Gasteiger partial charge in [0.05, 0.1) is 24.6 Å². The number of benzene rings is 1. The summed E-state index contributed by atoms with van der Waals surface area (Å²) >= 11 is 0. The molecule has 27 heavy (non-hydrogen) atoms. The third kappa shape index (κ3) is 10.5. The van der Waals surface area contributed by atoms with E-state index in [0.29, 0.717) is 0 Å². The summed E-state index contributed by atoms with van der Waals surface area (Å²) in [4.78, 5) is 0. The minimum Gasteiger partial charge on any atom is -0.0985 e. The Labute approximate surface area is 171 Å². The second-order valence-electron chi connectivity index (χ2n) is 8.41. The van der Waals surface area contributed by atoms with Crippen molar-refractivity contribution in [3.05, 3.63) is 42.0 Å². The van der Waals surface area contributed by atoms with E-state index in [9.17, 15) is 0 Å². The predicted octanol–water partition coefficient (Wildman–Crippen LogP) is 8.85. The maximum absolute atomic E-state index is 3.83. The van der Waals surface area contributed by atoms with Gasteiger partial charge in [-0.3, -0.25) is 0 Å². The van der Waals surface area contributed by atoms with Crippen molar-refractivity contribution in [2.24, 2.45) is 0 Å². The molecule has 0 heterocycles. The maximum Gasteiger partial charge on any atom is 0.0594 e. The van der Waals surface area contributed by atoms with Gasteiger partial charge >= 0.3 is 0 Å². The molecule has 0 radical (unpaired) electrons. The van der Waals surface area contributed by atoms with E-state index in [1.165, 1.54) is 81.8 Å². The topological polar surface area (TPSA) is 0 Å². The molecule has 0 saturated carbocycles. The first-order chi connectivity index (χ1) is 13.2. The first kappa shape index (κ1) is 24.4. The van der Waals surface area contributed by atoms with Crippen molar-refractivity contribution >= 4 is 13.3 Å². The minimum atomic E-state index is -0.671. The van der Waals surface area contributed by atoms with Gasteiger partial charge in [0.1, 0.15) is 0 Å². The molecule has 1 heteroatoms. The Morgan fingerprint density at radius 3 is 1.63 bits per heavy atom. The molecule has 0 amide bonds. The van der Waals surface area contributed by atoms with Gasteiger partial charge in [-0.1, -0.05) is 83.4 Å². The molecule has 0 fully saturated rings. The van der Waals surface area contributed by atoms with E-state index in [4.69, 9.17) is 0 Å². The van der Waals surface area contributed by atoms with Crippen LogP contribution in [0.1, 0.15) is 96.1 Å². The van der Waals surface area contributed by atoms with Gasteiger partial charge in [-0.2, -0.15) is 0 Å². The van der Waals surface area contributed by atoms with Gasteiger partial charge in [-0.05, 0) is 56.1 Å². The maximum atomic E-state index is 3.83. The van der Waals surface area contributed by atoms with Crippen molar-refractivity contribution in [3.8, 4) is 0 Å². The number of rotatable bonds is 17. The number of aryl methyl sites for hydroxylation is 1. The lowest BCUT2D eigenvalue weighted by molar-refractivity contribution is 0.666. The Kier molecular flexibility index (Phi) is 13.9. The molecule has 0 spiro atoms. The molecular weight excluding hydrogens is 343 g/mol. The summed E-state index contributed by atoms with van der Waals surface area (Å²) in [5.74, 6) is 0. The summed E-state index contributed by atoms with van der Waals surface area (Å²) in [5, 5.41) is 0. The fourth-order valence-electron chi connectivity index (χ4n) is 4.10. The smallest absolute Gasteiger partial charge is 0.0594 e. The minimum absolute atomic E-state index is 0.671. The van der Waals surface area contributed by atoms with Crippen LogP contribution in [0.4, 0.5) is 0 Å². The molecule has 0 atom stereocenters. The van der Waals surface area contributed by atoms with Gasteiger partial charge in [0.2, 0.25) is 0 Å². The molecule has 0 aliphatic rings. The van der Waals surface area contributed by atoms with Gasteiger partial charge < -0.3 is 0 Å². The van der Waals surface area contributed by atoms with Crippen molar-refractivity contribution in [3.63, 3.8) is 0 Å². The van der Waals surface area contributed by atoms with Gasteiger partial charge in [0.15, 0.2) is 0 Å². The first-order valence-corrected chi connectivity index (χ1v) is 14.3. The summed E-state index contributed by atoms with van der Waals surface area (Å²) in [6, 6.07) is 8.92. The van der Waals surface area contributed by atoms with Gasteiger partial charge in [0, 0.05) is 7.26 Å². The first-order valence-electron chi connectivity index (χ1n) is 11.8. The normalized spacial score (nSPS) is 11.7. The van der Waals surface area contributed by atoms with Crippen LogP contribution in [-0.2, 0) is 6.42 Å². The number of hydrogen-bond donors (Lipinski definition) is 0. The fraction of sp³-hybridized carbons (Fsp3) is 0.692. The molecule has 154 valence electrons. The van der Waals surface area contributed by atoms with E-state index in [1.807, 2.05) is 6.08 Å². The third-order valence-corrected chi connectivity index (χ3v) is 11.1. The molecular formula is C26H46P+. The summed E-state index contributed by atoms with van der Waals surface area (Å²) in [6.07, 6.45) is 23.7. The monoisotopic (exact) mass is 389 g/mol. The summed E-state index contributed by atoms with van der Waals surface area (Å²) < 4.78 is 0. The number of hydrogen-bond acceptors (Lipinski definition) is 0. The zero-order valence-corrected chi connectivity index (χ0v) is 19.5. The second kappa shape index (κ2) is 15.3. The molecule has 0 bridgehead atoms. The van der Waals surface area contributed by atoms with Crippen LogP contribution >= 0.6 is 7.26 Å². The molecule has 0 aliphatic carbocycles. The van der Waals surface area contributed by atoms with Crippen LogP contribution in [0.2, 0.25) is 0 Å². The standard InChI is InChI=1S/C26H46P/c1-5-9-21-27(22-10-6-2,23-11-7-3)24-15-13-12-14-16-26-19-17-25(8-4)18-20-26/h8,17-20H,4-7,9-16,21-24H2,1-3H3/q+1. The second-order valence-corrected chi connectivity index (χ2v) is 12.9. The Morgan fingerprint density at radius 2 is 1.15 bits per heavy atom. The van der Waals surface area contributed by atoms with Gasteiger partial charge in [-0.15, -0.1) is 0 Å². The molecule has 0 aromatic heterocycles. The Morgan fingerprint density at radius 1 is 0.667 bits per heavy atom. The molecule has 0 N–H and O–H groups in total. The molecule has 0 aliphatic heterocycles. The Hall–Kier alpha value is -0.610. The lowest BCUT2D eigenvalue weighted by Crippen LogP contribution is -2.13. The SMILES string of the molecule is C=Cc1ccc(CCCCCC[P+](CCCC)(CCCC)CCCC)cc1. The predicted molar refractivity (Wildman–Crippen MR) is 130 cm³/mol. The van der Waals surface area contributed by atoms with Crippen LogP contribution in [0.5, 0.6) is 0 Å². The molecule has 0 nitrogen and oxygen atoms in total. The highest BCUT2D eigenvalue weighted by atomic mass is 31.2. The van der Waals surface area contributed by atoms with Crippen molar-refractivity contribution in [2.75, 3.05) is 24.6 Å². The lowest BCUT2D eigenvalue weighted by Gasteiger charge is -2.28. The molecule has 1 rings (SSSR count). The van der Waals surface area contributed by atoms with E-state index in [0.717, 1.165) is 0 Å².